The van der Waals surface area contributed by atoms with E-state index in [-0.39, 0.29) is 24.9 Å². The van der Waals surface area contributed by atoms with E-state index in [9.17, 15) is 8.78 Å². The number of benzene rings is 1. The normalized spacial score (nSPS) is 37.6. The molecule has 2 aliphatic heterocycles. The molecule has 1 aliphatic carbocycles. The van der Waals surface area contributed by atoms with Crippen molar-refractivity contribution in [2.45, 2.75) is 36.6 Å². The van der Waals surface area contributed by atoms with Crippen LogP contribution in [-0.2, 0) is 24.5 Å². The van der Waals surface area contributed by atoms with E-state index in [4.69, 9.17) is 18.9 Å². The van der Waals surface area contributed by atoms with Gasteiger partial charge < -0.3 is 18.9 Å². The van der Waals surface area contributed by atoms with Gasteiger partial charge in [0, 0.05) is 0 Å². The van der Waals surface area contributed by atoms with Crippen LogP contribution < -0.4 is 0 Å². The number of ether oxygens (including phenoxy) is 4. The molecule has 0 N–H and O–H groups in total. The van der Waals surface area contributed by atoms with Gasteiger partial charge in [0.2, 0.25) is 0 Å². The summed E-state index contributed by atoms with van der Waals surface area (Å²) in [6, 6.07) is 3.86. The van der Waals surface area contributed by atoms with Crippen molar-refractivity contribution in [1.29, 1.82) is 0 Å². The molecule has 126 valence electrons. The average molecular weight is 326 g/mol. The topological polar surface area (TPSA) is 36.9 Å². The maximum Gasteiger partial charge on any atom is 0.153 e. The highest BCUT2D eigenvalue weighted by Gasteiger charge is 2.65. The lowest BCUT2D eigenvalue weighted by molar-refractivity contribution is -0.314. The smallest absolute Gasteiger partial charge is 0.153 e. The minimum Gasteiger partial charge on any atom is -0.376 e. The van der Waals surface area contributed by atoms with Gasteiger partial charge in [-0.15, -0.1) is 0 Å². The Kier molecular flexibility index (Phi) is 3.88. The third kappa shape index (κ3) is 2.16. The highest BCUT2D eigenvalue weighted by molar-refractivity contribution is 5.33. The van der Waals surface area contributed by atoms with Crippen molar-refractivity contribution < 1.29 is 27.7 Å². The number of fused-ring (bicyclic) bond motifs is 1. The van der Waals surface area contributed by atoms with Crippen molar-refractivity contribution in [1.82, 2.24) is 0 Å². The third-order valence-electron chi connectivity index (χ3n) is 5.23. The van der Waals surface area contributed by atoms with E-state index in [0.29, 0.717) is 26.2 Å². The largest absolute Gasteiger partial charge is 0.376 e. The number of rotatable bonds is 2. The first-order valence-electron chi connectivity index (χ1n) is 8.11. The van der Waals surface area contributed by atoms with Crippen LogP contribution in [0.2, 0.25) is 0 Å². The Morgan fingerprint density at radius 1 is 1.00 bits per heavy atom. The Labute approximate surface area is 133 Å². The molecule has 1 aromatic rings. The quantitative estimate of drug-likeness (QED) is 0.837. The predicted molar refractivity (Wildman–Crippen MR) is 77.1 cm³/mol. The third-order valence-corrected chi connectivity index (χ3v) is 5.23. The van der Waals surface area contributed by atoms with E-state index < -0.39 is 22.8 Å². The Balaban J connectivity index is 1.90. The molecule has 3 unspecified atom stereocenters. The van der Waals surface area contributed by atoms with Gasteiger partial charge in [-0.05, 0) is 31.4 Å². The number of hydrogen-bond donors (Lipinski definition) is 0. The van der Waals surface area contributed by atoms with Crippen LogP contribution in [0.5, 0.6) is 0 Å². The molecule has 23 heavy (non-hydrogen) atoms. The monoisotopic (exact) mass is 326 g/mol. The molecule has 0 bridgehead atoms. The summed E-state index contributed by atoms with van der Waals surface area (Å²) in [6.45, 7) is 1.61. The molecule has 1 saturated carbocycles. The van der Waals surface area contributed by atoms with E-state index in [2.05, 4.69) is 0 Å². The second-order valence-electron chi connectivity index (χ2n) is 6.31. The van der Waals surface area contributed by atoms with Gasteiger partial charge in [0.25, 0.3) is 0 Å². The molecule has 1 aromatic carbocycles. The summed E-state index contributed by atoms with van der Waals surface area (Å²) in [5.74, 6) is -1.27. The molecule has 4 rings (SSSR count). The van der Waals surface area contributed by atoms with Crippen molar-refractivity contribution in [3.8, 4) is 0 Å². The summed E-state index contributed by atoms with van der Waals surface area (Å²) in [4.78, 5) is 0. The number of hydrogen-bond acceptors (Lipinski definition) is 4. The summed E-state index contributed by atoms with van der Waals surface area (Å²) in [6.07, 6.45) is 2.05. The van der Waals surface area contributed by atoms with Crippen LogP contribution in [0, 0.1) is 11.6 Å². The lowest BCUT2D eigenvalue weighted by atomic mass is 9.73. The molecule has 4 nitrogen and oxygen atoms in total. The van der Waals surface area contributed by atoms with E-state index in [1.54, 1.807) is 0 Å². The first kappa shape index (κ1) is 15.4. The van der Waals surface area contributed by atoms with Gasteiger partial charge in [-0.3, -0.25) is 0 Å². The highest BCUT2D eigenvalue weighted by Crippen LogP contribution is 2.53. The van der Waals surface area contributed by atoms with E-state index in [1.807, 2.05) is 0 Å². The summed E-state index contributed by atoms with van der Waals surface area (Å²) in [7, 11) is 0. The summed E-state index contributed by atoms with van der Waals surface area (Å²) < 4.78 is 52.9. The van der Waals surface area contributed by atoms with Gasteiger partial charge in [-0.25, -0.2) is 8.78 Å². The Morgan fingerprint density at radius 2 is 1.78 bits per heavy atom. The molecular formula is C17H20F2O4. The molecule has 3 fully saturated rings. The van der Waals surface area contributed by atoms with Crippen molar-refractivity contribution >= 4 is 0 Å². The fourth-order valence-electron chi connectivity index (χ4n) is 4.34. The zero-order chi connectivity index (χ0) is 15.9. The van der Waals surface area contributed by atoms with Gasteiger partial charge >= 0.3 is 0 Å². The van der Waals surface area contributed by atoms with Crippen LogP contribution in [0.3, 0.4) is 0 Å². The minimum atomic E-state index is -1.32. The van der Waals surface area contributed by atoms with Crippen LogP contribution in [-0.4, -0.2) is 44.7 Å². The summed E-state index contributed by atoms with van der Waals surface area (Å²) in [5, 5.41) is 0. The Morgan fingerprint density at radius 3 is 2.52 bits per heavy atom. The van der Waals surface area contributed by atoms with Crippen molar-refractivity contribution in [2.75, 3.05) is 33.0 Å². The molecule has 0 radical (unpaired) electrons. The highest BCUT2D eigenvalue weighted by atomic mass is 19.1. The van der Waals surface area contributed by atoms with E-state index in [1.165, 1.54) is 18.2 Å². The van der Waals surface area contributed by atoms with Crippen LogP contribution in [0.25, 0.3) is 0 Å². The van der Waals surface area contributed by atoms with Crippen LogP contribution in [0.15, 0.2) is 18.2 Å². The molecule has 2 saturated heterocycles. The van der Waals surface area contributed by atoms with E-state index >= 15 is 0 Å². The fraction of sp³-hybridized carbons (Fsp3) is 0.647. The minimum absolute atomic E-state index is 0.0602. The fourth-order valence-corrected chi connectivity index (χ4v) is 4.34. The summed E-state index contributed by atoms with van der Waals surface area (Å²) in [5.41, 5.74) is -2.33. The van der Waals surface area contributed by atoms with Crippen molar-refractivity contribution in [3.63, 3.8) is 0 Å². The van der Waals surface area contributed by atoms with Crippen LogP contribution in [0.4, 0.5) is 8.78 Å². The second kappa shape index (κ2) is 5.77. The SMILES string of the molecule is Fc1cccc(F)c1C1(C23CCCC2OCCO3)COCCO1. The molecule has 2 heterocycles. The van der Waals surface area contributed by atoms with Gasteiger partial charge in [-0.1, -0.05) is 6.07 Å². The first-order chi connectivity index (χ1) is 11.2. The molecule has 0 spiro atoms. The Hall–Kier alpha value is -1.08. The zero-order valence-corrected chi connectivity index (χ0v) is 12.9. The zero-order valence-electron chi connectivity index (χ0n) is 12.9. The lowest BCUT2D eigenvalue weighted by Crippen LogP contribution is -2.66. The maximum atomic E-state index is 14.6. The molecule has 3 atom stereocenters. The first-order valence-corrected chi connectivity index (χ1v) is 8.11. The molecule has 3 aliphatic rings. The van der Waals surface area contributed by atoms with E-state index in [0.717, 1.165) is 12.8 Å². The van der Waals surface area contributed by atoms with Gasteiger partial charge in [0.1, 0.15) is 17.2 Å². The molecule has 0 amide bonds. The van der Waals surface area contributed by atoms with Crippen LogP contribution in [0.1, 0.15) is 24.8 Å². The maximum absolute atomic E-state index is 14.6. The van der Waals surface area contributed by atoms with Crippen LogP contribution >= 0.6 is 0 Å². The Bertz CT molecular complexity index is 568. The lowest BCUT2D eigenvalue weighted by Gasteiger charge is -2.53. The van der Waals surface area contributed by atoms with Crippen molar-refractivity contribution in [3.05, 3.63) is 35.4 Å². The second-order valence-corrected chi connectivity index (χ2v) is 6.31. The number of halogens is 2. The van der Waals surface area contributed by atoms with Gasteiger partial charge in [-0.2, -0.15) is 0 Å². The average Bonchev–Trinajstić information content (AvgIpc) is 3.01. The predicted octanol–water partition coefficient (Wildman–Crippen LogP) is 2.55. The molecule has 6 heteroatoms. The van der Waals surface area contributed by atoms with Gasteiger partial charge in [0.05, 0.1) is 44.7 Å². The molecular weight excluding hydrogens is 306 g/mol. The summed E-state index contributed by atoms with van der Waals surface area (Å²) >= 11 is 0. The standard InChI is InChI=1S/C17H20F2O4/c18-12-3-1-4-13(19)15(12)17(11-20-7-9-23-17)16-6-2-5-14(16)21-8-10-22-16/h1,3-4,14H,2,5-11H2. The van der Waals surface area contributed by atoms with Crippen molar-refractivity contribution in [2.24, 2.45) is 0 Å². The van der Waals surface area contributed by atoms with Gasteiger partial charge in [0.15, 0.2) is 5.60 Å². The molecule has 0 aromatic heterocycles.